The van der Waals surface area contributed by atoms with E-state index in [1.807, 2.05) is 26.0 Å². The van der Waals surface area contributed by atoms with Crippen LogP contribution in [0.25, 0.3) is 0 Å². The van der Waals surface area contributed by atoms with Gasteiger partial charge >= 0.3 is 5.97 Å². The van der Waals surface area contributed by atoms with Gasteiger partial charge in [-0.15, -0.1) is 0 Å². The number of carbonyl (C=O) groups is 2. The third-order valence-corrected chi connectivity index (χ3v) is 6.99. The van der Waals surface area contributed by atoms with E-state index >= 15 is 0 Å². The summed E-state index contributed by atoms with van der Waals surface area (Å²) in [6, 6.07) is 0. The molecule has 33 heavy (non-hydrogen) atoms. The number of hydrogen-bond acceptors (Lipinski definition) is 6. The third kappa shape index (κ3) is 11.2. The molecule has 1 aliphatic rings. The van der Waals surface area contributed by atoms with Crippen LogP contribution in [0.3, 0.4) is 0 Å². The Morgan fingerprint density at radius 2 is 1.85 bits per heavy atom. The second-order valence-electron chi connectivity index (χ2n) is 9.92. The van der Waals surface area contributed by atoms with Crippen LogP contribution in [-0.2, 0) is 14.3 Å². The number of aliphatic hydroxyl groups is 2. The predicted molar refractivity (Wildman–Crippen MR) is 133 cm³/mol. The third-order valence-electron chi connectivity index (χ3n) is 6.99. The van der Waals surface area contributed by atoms with Crippen LogP contribution in [0.4, 0.5) is 0 Å². The van der Waals surface area contributed by atoms with Gasteiger partial charge in [-0.25, -0.2) is 0 Å². The van der Waals surface area contributed by atoms with Crippen molar-refractivity contribution >= 4 is 11.8 Å². The summed E-state index contributed by atoms with van der Waals surface area (Å²) >= 11 is 0. The average molecular weight is 468 g/mol. The molecular formula is C27H49NO5. The summed E-state index contributed by atoms with van der Waals surface area (Å²) in [6.45, 7) is 11.7. The SMILES string of the molecule is CCCCC(C)(O)C/C=C/[C@H]1C(O)CC(=O)[C@@H]1CCCCCCC(=O)OC(C)N(CC)CC. The smallest absolute Gasteiger partial charge is 0.307 e. The van der Waals surface area contributed by atoms with E-state index in [-0.39, 0.29) is 36.2 Å². The first-order valence-electron chi connectivity index (χ1n) is 13.2. The molecule has 1 rings (SSSR count). The minimum Gasteiger partial charge on any atom is -0.447 e. The molecule has 0 aromatic carbocycles. The summed E-state index contributed by atoms with van der Waals surface area (Å²) < 4.78 is 5.49. The first-order chi connectivity index (χ1) is 15.6. The lowest BCUT2D eigenvalue weighted by molar-refractivity contribution is -0.157. The molecule has 1 aliphatic carbocycles. The van der Waals surface area contributed by atoms with Crippen molar-refractivity contribution in [2.45, 2.75) is 123 Å². The first-order valence-corrected chi connectivity index (χ1v) is 13.2. The molecule has 5 atom stereocenters. The van der Waals surface area contributed by atoms with Crippen molar-refractivity contribution in [1.29, 1.82) is 0 Å². The molecule has 0 aliphatic heterocycles. The summed E-state index contributed by atoms with van der Waals surface area (Å²) in [4.78, 5) is 26.5. The summed E-state index contributed by atoms with van der Waals surface area (Å²) in [5, 5.41) is 20.8. The van der Waals surface area contributed by atoms with E-state index in [2.05, 4.69) is 25.7 Å². The summed E-state index contributed by atoms with van der Waals surface area (Å²) in [6.07, 6.45) is 11.4. The zero-order chi connectivity index (χ0) is 24.9. The molecule has 0 saturated heterocycles. The van der Waals surface area contributed by atoms with E-state index in [0.717, 1.165) is 64.5 Å². The number of unbranched alkanes of at least 4 members (excludes halogenated alkanes) is 4. The molecule has 0 aromatic rings. The van der Waals surface area contributed by atoms with Gasteiger partial charge in [0.05, 0.1) is 11.7 Å². The minimum absolute atomic E-state index is 0.142. The maximum atomic E-state index is 12.4. The molecule has 6 nitrogen and oxygen atoms in total. The fraction of sp³-hybridized carbons (Fsp3) is 0.852. The van der Waals surface area contributed by atoms with Crippen LogP contribution in [0.1, 0.15) is 105 Å². The summed E-state index contributed by atoms with van der Waals surface area (Å²) in [5.41, 5.74) is -0.736. The molecule has 0 heterocycles. The van der Waals surface area contributed by atoms with E-state index in [1.54, 1.807) is 0 Å². The molecule has 0 bridgehead atoms. The Hall–Kier alpha value is -1.24. The maximum absolute atomic E-state index is 12.4. The number of Topliss-reactive ketones (excluding diaryl/α,β-unsaturated/α-hetero) is 1. The number of ether oxygens (including phenoxy) is 1. The molecule has 6 heteroatoms. The van der Waals surface area contributed by atoms with Crippen molar-refractivity contribution < 1.29 is 24.5 Å². The number of aliphatic hydroxyl groups excluding tert-OH is 1. The molecule has 2 N–H and O–H groups in total. The highest BCUT2D eigenvalue weighted by Crippen LogP contribution is 2.34. The van der Waals surface area contributed by atoms with Gasteiger partial charge in [-0.1, -0.05) is 65.0 Å². The van der Waals surface area contributed by atoms with Gasteiger partial charge in [0.1, 0.15) is 5.78 Å². The molecule has 1 saturated carbocycles. The topological polar surface area (TPSA) is 87.1 Å². The summed E-state index contributed by atoms with van der Waals surface area (Å²) in [5.74, 6) is -0.305. The Morgan fingerprint density at radius 1 is 1.18 bits per heavy atom. The fourth-order valence-electron chi connectivity index (χ4n) is 4.78. The average Bonchev–Trinajstić information content (AvgIpc) is 3.02. The lowest BCUT2D eigenvalue weighted by Gasteiger charge is -2.25. The van der Waals surface area contributed by atoms with Crippen LogP contribution in [0.15, 0.2) is 12.2 Å². The Kier molecular flexibility index (Phi) is 14.1. The van der Waals surface area contributed by atoms with Gasteiger partial charge in [-0.3, -0.25) is 14.5 Å². The Balaban J connectivity index is 2.35. The van der Waals surface area contributed by atoms with Crippen LogP contribution in [0.2, 0.25) is 0 Å². The molecular weight excluding hydrogens is 418 g/mol. The lowest BCUT2D eigenvalue weighted by Crippen LogP contribution is -2.36. The summed E-state index contributed by atoms with van der Waals surface area (Å²) in [7, 11) is 0. The maximum Gasteiger partial charge on any atom is 0.307 e. The normalized spacial score (nSPS) is 23.9. The number of ketones is 1. The van der Waals surface area contributed by atoms with Crippen molar-refractivity contribution in [3.63, 3.8) is 0 Å². The molecule has 3 unspecified atom stereocenters. The van der Waals surface area contributed by atoms with Gasteiger partial charge in [-0.05, 0) is 52.6 Å². The zero-order valence-corrected chi connectivity index (χ0v) is 21.7. The number of rotatable bonds is 17. The van der Waals surface area contributed by atoms with Gasteiger partial charge in [0.2, 0.25) is 0 Å². The number of hydrogen-bond donors (Lipinski definition) is 2. The Labute approximate surface area is 201 Å². The van der Waals surface area contributed by atoms with Crippen LogP contribution in [0.5, 0.6) is 0 Å². The second-order valence-corrected chi connectivity index (χ2v) is 9.92. The predicted octanol–water partition coefficient (Wildman–Crippen LogP) is 5.01. The van der Waals surface area contributed by atoms with Crippen molar-refractivity contribution in [2.24, 2.45) is 11.8 Å². The highest BCUT2D eigenvalue weighted by Gasteiger charge is 2.39. The van der Waals surface area contributed by atoms with Gasteiger partial charge in [0, 0.05) is 24.7 Å². The second kappa shape index (κ2) is 15.6. The zero-order valence-electron chi connectivity index (χ0n) is 21.7. The van der Waals surface area contributed by atoms with Crippen LogP contribution in [0, 0.1) is 11.8 Å². The van der Waals surface area contributed by atoms with Crippen LogP contribution in [-0.4, -0.2) is 57.9 Å². The number of carbonyl (C=O) groups excluding carboxylic acids is 2. The van der Waals surface area contributed by atoms with E-state index in [0.29, 0.717) is 12.8 Å². The minimum atomic E-state index is -0.736. The van der Waals surface area contributed by atoms with Gasteiger partial charge in [0.15, 0.2) is 6.23 Å². The highest BCUT2D eigenvalue weighted by molar-refractivity contribution is 5.84. The molecule has 1 fully saturated rings. The lowest BCUT2D eigenvalue weighted by atomic mass is 9.87. The fourth-order valence-corrected chi connectivity index (χ4v) is 4.78. The van der Waals surface area contributed by atoms with Crippen LogP contribution < -0.4 is 0 Å². The van der Waals surface area contributed by atoms with Crippen molar-refractivity contribution in [1.82, 2.24) is 4.90 Å². The van der Waals surface area contributed by atoms with E-state index in [9.17, 15) is 19.8 Å². The van der Waals surface area contributed by atoms with Gasteiger partial charge < -0.3 is 14.9 Å². The molecule has 0 spiro atoms. The molecule has 192 valence electrons. The van der Waals surface area contributed by atoms with E-state index < -0.39 is 11.7 Å². The standard InChI is InChI=1S/C27H49NO5/c1-6-9-18-27(5,32)19-14-16-23-22(24(29)20-25(23)30)15-12-10-11-13-17-26(31)33-21(4)28(7-2)8-3/h14,16,21-23,25,30,32H,6-13,15,17-20H2,1-5H3/b16-14+/t21?,22-,23-,25?,27?/m1/s1. The Bertz CT molecular complexity index is 599. The van der Waals surface area contributed by atoms with E-state index in [4.69, 9.17) is 4.74 Å². The quantitative estimate of drug-likeness (QED) is 0.135. The van der Waals surface area contributed by atoms with E-state index in [1.165, 1.54) is 0 Å². The molecule has 0 aromatic heterocycles. The highest BCUT2D eigenvalue weighted by atomic mass is 16.6. The van der Waals surface area contributed by atoms with Crippen LogP contribution >= 0.6 is 0 Å². The van der Waals surface area contributed by atoms with Gasteiger partial charge in [0.25, 0.3) is 0 Å². The first kappa shape index (κ1) is 29.8. The van der Waals surface area contributed by atoms with Crippen molar-refractivity contribution in [2.75, 3.05) is 13.1 Å². The molecule has 0 amide bonds. The number of esters is 1. The molecule has 0 radical (unpaired) electrons. The largest absolute Gasteiger partial charge is 0.447 e. The Morgan fingerprint density at radius 3 is 2.48 bits per heavy atom. The van der Waals surface area contributed by atoms with Crippen molar-refractivity contribution in [3.8, 4) is 0 Å². The van der Waals surface area contributed by atoms with Gasteiger partial charge in [-0.2, -0.15) is 0 Å². The monoisotopic (exact) mass is 467 g/mol. The number of nitrogens with zero attached hydrogens (tertiary/aromatic N) is 1. The van der Waals surface area contributed by atoms with Crippen molar-refractivity contribution in [3.05, 3.63) is 12.2 Å².